The Morgan fingerprint density at radius 3 is 1.85 bits per heavy atom. The third-order valence-corrected chi connectivity index (χ3v) is 4.01. The van der Waals surface area contributed by atoms with Crippen LogP contribution in [-0.4, -0.2) is 6.54 Å². The maximum atomic E-state index is 5.80. The molecule has 1 aliphatic rings. The highest BCUT2D eigenvalue weighted by atomic mass is 14.6. The number of nitrogens with two attached hydrogens (primary N) is 1. The molecule has 0 radical (unpaired) electrons. The standard InChI is InChI=1S/C12H25N/c1-4-5-11(2)6-8-12(3,10-13)9-7-11/h4-10,13H2,1-3H3. The summed E-state index contributed by atoms with van der Waals surface area (Å²) < 4.78 is 0. The van der Waals surface area contributed by atoms with Gasteiger partial charge in [0, 0.05) is 0 Å². The molecule has 0 spiro atoms. The fourth-order valence-corrected chi connectivity index (χ4v) is 2.51. The van der Waals surface area contributed by atoms with Gasteiger partial charge in [0.1, 0.15) is 0 Å². The van der Waals surface area contributed by atoms with Crippen molar-refractivity contribution in [1.29, 1.82) is 0 Å². The van der Waals surface area contributed by atoms with Gasteiger partial charge in [-0.25, -0.2) is 0 Å². The van der Waals surface area contributed by atoms with E-state index in [0.29, 0.717) is 10.8 Å². The van der Waals surface area contributed by atoms with Crippen LogP contribution in [0.2, 0.25) is 0 Å². The summed E-state index contributed by atoms with van der Waals surface area (Å²) in [6, 6.07) is 0. The summed E-state index contributed by atoms with van der Waals surface area (Å²) in [6.45, 7) is 7.96. The van der Waals surface area contributed by atoms with Crippen LogP contribution in [0.3, 0.4) is 0 Å². The Hall–Kier alpha value is -0.0400. The molecule has 0 bridgehead atoms. The van der Waals surface area contributed by atoms with Crippen molar-refractivity contribution in [2.24, 2.45) is 16.6 Å². The molecule has 1 rings (SSSR count). The minimum Gasteiger partial charge on any atom is -0.330 e. The minimum absolute atomic E-state index is 0.452. The summed E-state index contributed by atoms with van der Waals surface area (Å²) in [7, 11) is 0. The van der Waals surface area contributed by atoms with E-state index in [1.165, 1.54) is 38.5 Å². The lowest BCUT2D eigenvalue weighted by molar-refractivity contribution is 0.101. The average molecular weight is 183 g/mol. The van der Waals surface area contributed by atoms with Gasteiger partial charge in [-0.3, -0.25) is 0 Å². The molecule has 78 valence electrons. The van der Waals surface area contributed by atoms with Gasteiger partial charge in [0.25, 0.3) is 0 Å². The molecule has 13 heavy (non-hydrogen) atoms. The highest BCUT2D eigenvalue weighted by Gasteiger charge is 2.35. The van der Waals surface area contributed by atoms with E-state index >= 15 is 0 Å². The zero-order valence-corrected chi connectivity index (χ0v) is 9.53. The van der Waals surface area contributed by atoms with Crippen LogP contribution in [0.5, 0.6) is 0 Å². The van der Waals surface area contributed by atoms with E-state index in [9.17, 15) is 0 Å². The van der Waals surface area contributed by atoms with Crippen molar-refractivity contribution < 1.29 is 0 Å². The van der Waals surface area contributed by atoms with Gasteiger partial charge < -0.3 is 5.73 Å². The van der Waals surface area contributed by atoms with Gasteiger partial charge in [-0.2, -0.15) is 0 Å². The van der Waals surface area contributed by atoms with E-state index in [1.54, 1.807) is 0 Å². The number of rotatable bonds is 3. The first-order chi connectivity index (χ1) is 6.04. The maximum Gasteiger partial charge on any atom is -0.00232 e. The van der Waals surface area contributed by atoms with E-state index < -0.39 is 0 Å². The molecule has 0 aromatic carbocycles. The second-order valence-corrected chi connectivity index (χ2v) is 5.58. The monoisotopic (exact) mass is 183 g/mol. The molecule has 1 aliphatic carbocycles. The summed E-state index contributed by atoms with van der Waals surface area (Å²) >= 11 is 0. The van der Waals surface area contributed by atoms with Crippen molar-refractivity contribution in [3.8, 4) is 0 Å². The summed E-state index contributed by atoms with van der Waals surface area (Å²) in [5.74, 6) is 0. The van der Waals surface area contributed by atoms with Gasteiger partial charge in [-0.1, -0.05) is 27.2 Å². The van der Waals surface area contributed by atoms with E-state index in [4.69, 9.17) is 5.73 Å². The van der Waals surface area contributed by atoms with Gasteiger partial charge in [-0.15, -0.1) is 0 Å². The maximum absolute atomic E-state index is 5.80. The van der Waals surface area contributed by atoms with Crippen LogP contribution in [0.15, 0.2) is 0 Å². The van der Waals surface area contributed by atoms with E-state index in [0.717, 1.165) is 6.54 Å². The van der Waals surface area contributed by atoms with Gasteiger partial charge in [0.05, 0.1) is 0 Å². The summed E-state index contributed by atoms with van der Waals surface area (Å²) in [5.41, 5.74) is 6.88. The first-order valence-electron chi connectivity index (χ1n) is 5.74. The molecule has 0 heterocycles. The van der Waals surface area contributed by atoms with E-state index in [-0.39, 0.29) is 0 Å². The molecule has 0 aromatic heterocycles. The highest BCUT2D eigenvalue weighted by molar-refractivity contribution is 4.88. The van der Waals surface area contributed by atoms with Crippen LogP contribution < -0.4 is 5.73 Å². The first-order valence-corrected chi connectivity index (χ1v) is 5.74. The third-order valence-electron chi connectivity index (χ3n) is 4.01. The van der Waals surface area contributed by atoms with Crippen molar-refractivity contribution in [3.05, 3.63) is 0 Å². The molecule has 0 aliphatic heterocycles. The molecule has 0 aromatic rings. The molecule has 1 nitrogen and oxygen atoms in total. The molecule has 0 atom stereocenters. The molecule has 0 unspecified atom stereocenters. The normalized spacial score (nSPS) is 40.6. The van der Waals surface area contributed by atoms with Crippen LogP contribution in [0, 0.1) is 10.8 Å². The lowest BCUT2D eigenvalue weighted by atomic mass is 9.64. The second kappa shape index (κ2) is 4.00. The molecule has 0 amide bonds. The fourth-order valence-electron chi connectivity index (χ4n) is 2.51. The van der Waals surface area contributed by atoms with Crippen LogP contribution >= 0.6 is 0 Å². The smallest absolute Gasteiger partial charge is 0.00232 e. The molecule has 1 fully saturated rings. The SMILES string of the molecule is CCCC1(C)CCC(C)(CN)CC1. The molecular weight excluding hydrogens is 158 g/mol. The predicted octanol–water partition coefficient (Wildman–Crippen LogP) is 3.33. The minimum atomic E-state index is 0.452. The summed E-state index contributed by atoms with van der Waals surface area (Å²) in [4.78, 5) is 0. The molecule has 2 N–H and O–H groups in total. The third kappa shape index (κ3) is 2.70. The predicted molar refractivity (Wildman–Crippen MR) is 58.6 cm³/mol. The Morgan fingerprint density at radius 2 is 1.46 bits per heavy atom. The Bertz CT molecular complexity index is 155. The zero-order chi connectivity index (χ0) is 9.95. The van der Waals surface area contributed by atoms with Gasteiger partial charge >= 0.3 is 0 Å². The Morgan fingerprint density at radius 1 is 1.00 bits per heavy atom. The van der Waals surface area contributed by atoms with Gasteiger partial charge in [-0.05, 0) is 49.5 Å². The Labute approximate surface area is 83.1 Å². The first kappa shape index (κ1) is 11.0. The second-order valence-electron chi connectivity index (χ2n) is 5.58. The summed E-state index contributed by atoms with van der Waals surface area (Å²) in [6.07, 6.45) is 8.16. The zero-order valence-electron chi connectivity index (χ0n) is 9.53. The van der Waals surface area contributed by atoms with E-state index in [1.807, 2.05) is 0 Å². The van der Waals surface area contributed by atoms with Gasteiger partial charge in [0.2, 0.25) is 0 Å². The summed E-state index contributed by atoms with van der Waals surface area (Å²) in [5, 5.41) is 0. The largest absolute Gasteiger partial charge is 0.330 e. The van der Waals surface area contributed by atoms with Crippen LogP contribution in [0.25, 0.3) is 0 Å². The lowest BCUT2D eigenvalue weighted by Crippen LogP contribution is -2.35. The lowest BCUT2D eigenvalue weighted by Gasteiger charge is -2.42. The average Bonchev–Trinajstić information content (AvgIpc) is 2.12. The quantitative estimate of drug-likeness (QED) is 0.713. The van der Waals surface area contributed by atoms with Crippen molar-refractivity contribution in [2.45, 2.75) is 59.3 Å². The van der Waals surface area contributed by atoms with Crippen LogP contribution in [0.4, 0.5) is 0 Å². The van der Waals surface area contributed by atoms with Crippen molar-refractivity contribution in [1.82, 2.24) is 0 Å². The molecule has 0 saturated heterocycles. The number of hydrogen-bond donors (Lipinski definition) is 1. The molecule has 1 saturated carbocycles. The van der Waals surface area contributed by atoms with E-state index in [2.05, 4.69) is 20.8 Å². The van der Waals surface area contributed by atoms with Crippen LogP contribution in [-0.2, 0) is 0 Å². The number of hydrogen-bond acceptors (Lipinski definition) is 1. The fraction of sp³-hybridized carbons (Fsp3) is 1.00. The topological polar surface area (TPSA) is 26.0 Å². The van der Waals surface area contributed by atoms with Crippen LogP contribution in [0.1, 0.15) is 59.3 Å². The molecule has 1 heteroatoms. The van der Waals surface area contributed by atoms with Gasteiger partial charge in [0.15, 0.2) is 0 Å². The Balaban J connectivity index is 2.46. The van der Waals surface area contributed by atoms with Crippen molar-refractivity contribution in [3.63, 3.8) is 0 Å². The van der Waals surface area contributed by atoms with Crippen molar-refractivity contribution in [2.75, 3.05) is 6.54 Å². The van der Waals surface area contributed by atoms with Crippen molar-refractivity contribution >= 4 is 0 Å². The Kier molecular flexibility index (Phi) is 3.39. The molecular formula is C12H25N. The highest BCUT2D eigenvalue weighted by Crippen LogP contribution is 2.46.